The first-order chi connectivity index (χ1) is 16.3. The summed E-state index contributed by atoms with van der Waals surface area (Å²) in [5.74, 6) is 0.224. The summed E-state index contributed by atoms with van der Waals surface area (Å²) >= 11 is 16.3. The molecule has 14 nitrogen and oxygen atoms in total. The van der Waals surface area contributed by atoms with Gasteiger partial charge in [-0.1, -0.05) is 11.6 Å². The number of nitro groups is 2. The molecule has 17 heteroatoms. The van der Waals surface area contributed by atoms with Crippen LogP contribution in [0.1, 0.15) is 27.2 Å². The summed E-state index contributed by atoms with van der Waals surface area (Å²) in [6.07, 6.45) is 2.46. The smallest absolute Gasteiger partial charge is 0.410 e. The van der Waals surface area contributed by atoms with Gasteiger partial charge in [-0.15, -0.1) is 0 Å². The van der Waals surface area contributed by atoms with E-state index in [1.54, 1.807) is 4.90 Å². The fourth-order valence-electron chi connectivity index (χ4n) is 2.81. The number of likely N-dealkylation sites (tertiary alicyclic amines) is 1. The zero-order valence-corrected chi connectivity index (χ0v) is 21.0. The zero-order valence-electron chi connectivity index (χ0n) is 18.8. The van der Waals surface area contributed by atoms with Crippen LogP contribution < -0.4 is 5.32 Å². The van der Waals surface area contributed by atoms with Gasteiger partial charge in [-0.25, -0.2) is 14.8 Å². The van der Waals surface area contributed by atoms with Crippen molar-refractivity contribution in [1.29, 1.82) is 0 Å². The minimum absolute atomic E-state index is 0.0649. The van der Waals surface area contributed by atoms with E-state index in [2.05, 4.69) is 25.3 Å². The highest BCUT2D eigenvalue weighted by molar-refractivity contribution is 6.33. The molecule has 1 aliphatic rings. The van der Waals surface area contributed by atoms with Crippen LogP contribution in [0.4, 0.5) is 22.0 Å². The number of nitrogens with zero attached hydrogens (tertiary/aromatic N) is 7. The van der Waals surface area contributed by atoms with Crippen LogP contribution in [-0.2, 0) is 4.74 Å². The summed E-state index contributed by atoms with van der Waals surface area (Å²) in [6, 6.07) is 0. The maximum absolute atomic E-state index is 12.0. The minimum atomic E-state index is -0.682. The van der Waals surface area contributed by atoms with Crippen LogP contribution in [0.25, 0.3) is 0 Å². The van der Waals surface area contributed by atoms with E-state index in [1.807, 2.05) is 20.8 Å². The molecule has 0 aliphatic carbocycles. The van der Waals surface area contributed by atoms with E-state index in [0.717, 1.165) is 18.8 Å². The molecule has 190 valence electrons. The van der Waals surface area contributed by atoms with E-state index >= 15 is 0 Å². The lowest BCUT2D eigenvalue weighted by molar-refractivity contribution is -0.385. The third-order valence-corrected chi connectivity index (χ3v) is 4.97. The van der Waals surface area contributed by atoms with Crippen LogP contribution in [0.15, 0.2) is 12.4 Å². The highest BCUT2D eigenvalue weighted by Gasteiger charge is 2.30. The van der Waals surface area contributed by atoms with Gasteiger partial charge in [0, 0.05) is 19.6 Å². The van der Waals surface area contributed by atoms with Gasteiger partial charge in [-0.2, -0.15) is 9.97 Å². The standard InChI is InChI=1S/C14H20ClN5O4.C4HCl2N3O2/c1-14(2,3)24-13(21)19-5-4-9(8-19)6-16-11-10(20(22)23)7-17-12(15)18-11;5-3-2(9(10)11)1-7-4(6)8-3/h7,9H,4-6,8H2,1-3H3,(H,16,17,18);1H. The summed E-state index contributed by atoms with van der Waals surface area (Å²) in [5, 5.41) is 23.6. The molecule has 0 spiro atoms. The molecule has 1 atom stereocenters. The minimum Gasteiger partial charge on any atom is -0.444 e. The van der Waals surface area contributed by atoms with Crippen molar-refractivity contribution in [3.8, 4) is 0 Å². The molecule has 2 aromatic heterocycles. The number of nitrogens with one attached hydrogen (secondary N) is 1. The number of hydrogen-bond acceptors (Lipinski definition) is 11. The number of anilines is 1. The van der Waals surface area contributed by atoms with Gasteiger partial charge in [0.1, 0.15) is 18.0 Å². The van der Waals surface area contributed by atoms with Crippen molar-refractivity contribution in [3.63, 3.8) is 0 Å². The van der Waals surface area contributed by atoms with Crippen LogP contribution in [0.2, 0.25) is 15.7 Å². The molecule has 1 unspecified atom stereocenters. The molecule has 3 heterocycles. The molecule has 3 rings (SSSR count). The number of amides is 1. The Morgan fingerprint density at radius 1 is 1.11 bits per heavy atom. The Kier molecular flexibility index (Phi) is 9.68. The van der Waals surface area contributed by atoms with Gasteiger partial charge in [-0.05, 0) is 56.3 Å². The molecule has 2 aromatic rings. The summed E-state index contributed by atoms with van der Waals surface area (Å²) in [6.45, 7) is 7.00. The first-order valence-corrected chi connectivity index (χ1v) is 11.1. The second kappa shape index (κ2) is 12.0. The van der Waals surface area contributed by atoms with Gasteiger partial charge < -0.3 is 15.0 Å². The monoisotopic (exact) mass is 550 g/mol. The van der Waals surface area contributed by atoms with E-state index < -0.39 is 15.4 Å². The molecule has 1 saturated heterocycles. The van der Waals surface area contributed by atoms with E-state index in [-0.39, 0.29) is 44.9 Å². The van der Waals surface area contributed by atoms with Crippen LogP contribution in [0, 0.1) is 26.1 Å². The number of carbonyl (C=O) groups excluding carboxylic acids is 1. The maximum Gasteiger partial charge on any atom is 0.410 e. The van der Waals surface area contributed by atoms with Gasteiger partial charge in [0.2, 0.25) is 21.5 Å². The van der Waals surface area contributed by atoms with Crippen LogP contribution >= 0.6 is 34.8 Å². The summed E-state index contributed by atoms with van der Waals surface area (Å²) in [5.41, 5.74) is -1.12. The Balaban J connectivity index is 0.000000328. The Morgan fingerprint density at radius 3 is 2.23 bits per heavy atom. The zero-order chi connectivity index (χ0) is 26.3. The third kappa shape index (κ3) is 8.88. The van der Waals surface area contributed by atoms with Crippen molar-refractivity contribution in [2.45, 2.75) is 32.8 Å². The summed E-state index contributed by atoms with van der Waals surface area (Å²) in [4.78, 5) is 47.7. The highest BCUT2D eigenvalue weighted by atomic mass is 35.5. The topological polar surface area (TPSA) is 179 Å². The highest BCUT2D eigenvalue weighted by Crippen LogP contribution is 2.25. The molecule has 35 heavy (non-hydrogen) atoms. The van der Waals surface area contributed by atoms with Gasteiger partial charge in [-0.3, -0.25) is 20.2 Å². The lowest BCUT2D eigenvalue weighted by atomic mass is 10.1. The van der Waals surface area contributed by atoms with Gasteiger partial charge in [0.25, 0.3) is 0 Å². The number of ether oxygens (including phenoxy) is 1. The van der Waals surface area contributed by atoms with Gasteiger partial charge in [0.15, 0.2) is 0 Å². The molecule has 1 N–H and O–H groups in total. The van der Waals surface area contributed by atoms with Gasteiger partial charge in [0.05, 0.1) is 9.85 Å². The number of halogens is 3. The Morgan fingerprint density at radius 2 is 1.69 bits per heavy atom. The van der Waals surface area contributed by atoms with Crippen molar-refractivity contribution < 1.29 is 19.4 Å². The molecular weight excluding hydrogens is 531 g/mol. The first-order valence-electron chi connectivity index (χ1n) is 9.98. The second-order valence-electron chi connectivity index (χ2n) is 8.16. The van der Waals surface area contributed by atoms with E-state index in [0.29, 0.717) is 19.6 Å². The Bertz CT molecular complexity index is 1100. The molecule has 1 amide bonds. The average Bonchev–Trinajstić information content (AvgIpc) is 3.20. The number of hydrogen-bond donors (Lipinski definition) is 1. The lowest BCUT2D eigenvalue weighted by Gasteiger charge is -2.24. The van der Waals surface area contributed by atoms with Crippen molar-refractivity contribution in [2.24, 2.45) is 5.92 Å². The number of aromatic nitrogens is 4. The number of rotatable bonds is 5. The normalized spacial score (nSPS) is 15.1. The second-order valence-corrected chi connectivity index (χ2v) is 9.20. The molecule has 0 aromatic carbocycles. The van der Waals surface area contributed by atoms with E-state index in [1.165, 1.54) is 0 Å². The van der Waals surface area contributed by atoms with E-state index in [4.69, 9.17) is 39.5 Å². The van der Waals surface area contributed by atoms with Crippen molar-refractivity contribution in [1.82, 2.24) is 24.8 Å². The molecule has 1 fully saturated rings. The maximum atomic E-state index is 12.0. The SMILES string of the molecule is CC(C)(C)OC(=O)N1CCC(CNc2nc(Cl)ncc2[N+](=O)[O-])C1.O=[N+]([O-])c1cnc(Cl)nc1Cl. The Hall–Kier alpha value is -3.10. The quantitative estimate of drug-likeness (QED) is 0.241. The largest absolute Gasteiger partial charge is 0.444 e. The van der Waals surface area contributed by atoms with Crippen LogP contribution in [0.3, 0.4) is 0 Å². The predicted molar refractivity (Wildman–Crippen MR) is 127 cm³/mol. The Labute approximate surface area is 214 Å². The average molecular weight is 552 g/mol. The van der Waals surface area contributed by atoms with Crippen LogP contribution in [0.5, 0.6) is 0 Å². The fraction of sp³-hybridized carbons (Fsp3) is 0.500. The van der Waals surface area contributed by atoms with Crippen LogP contribution in [-0.4, -0.2) is 66.0 Å². The summed E-state index contributed by atoms with van der Waals surface area (Å²) < 4.78 is 5.34. The third-order valence-electron chi connectivity index (χ3n) is 4.32. The number of carbonyl (C=O) groups is 1. The molecular formula is C18H21Cl3N8O6. The molecule has 0 bridgehead atoms. The van der Waals surface area contributed by atoms with Crippen molar-refractivity contribution >= 4 is 58.1 Å². The van der Waals surface area contributed by atoms with Crippen molar-refractivity contribution in [3.05, 3.63) is 48.3 Å². The molecule has 0 saturated carbocycles. The summed E-state index contributed by atoms with van der Waals surface area (Å²) in [7, 11) is 0. The molecule has 0 radical (unpaired) electrons. The van der Waals surface area contributed by atoms with Gasteiger partial charge >= 0.3 is 17.5 Å². The predicted octanol–water partition coefficient (Wildman–Crippen LogP) is 4.40. The van der Waals surface area contributed by atoms with E-state index in [9.17, 15) is 25.0 Å². The van der Waals surface area contributed by atoms with Crippen molar-refractivity contribution in [2.75, 3.05) is 25.0 Å². The lowest BCUT2D eigenvalue weighted by Crippen LogP contribution is -2.35. The first kappa shape index (κ1) is 28.1. The molecule has 1 aliphatic heterocycles. The fourth-order valence-corrected chi connectivity index (χ4v) is 3.32.